The average Bonchev–Trinajstić information content (AvgIpc) is 4.05. The Morgan fingerprint density at radius 1 is 0.260 bits per heavy atom. The number of nitrogens with zero attached hydrogens (tertiary/aromatic N) is 28. The third kappa shape index (κ3) is 6.56. The van der Waals surface area contributed by atoms with Crippen LogP contribution in [-0.4, -0.2) is 144 Å². The number of hydrogen-bond donors (Lipinski definition) is 0. The van der Waals surface area contributed by atoms with Crippen molar-refractivity contribution in [2.24, 2.45) is 0 Å². The number of hydrogen-bond acceptors (Lipinski definition) is 40. The molecule has 4 aromatic heterocycles. The Morgan fingerprint density at radius 3 is 0.479 bits per heavy atom. The van der Waals surface area contributed by atoms with Gasteiger partial charge in [-0.25, -0.2) is 18.4 Å². The minimum Gasteiger partial charge on any atom is -0.390 e. The largest absolute Gasteiger partial charge is 0.782 e. The first-order valence-corrected chi connectivity index (χ1v) is 15.8. The van der Waals surface area contributed by atoms with E-state index in [0.717, 1.165) is 0 Å². The van der Waals surface area contributed by atoms with Crippen molar-refractivity contribution < 1.29 is 78.8 Å². The van der Waals surface area contributed by atoms with Crippen LogP contribution in [0.15, 0.2) is 0 Å². The van der Waals surface area contributed by atoms with Crippen molar-refractivity contribution in [3.8, 4) is 0 Å². The zero-order valence-electron chi connectivity index (χ0n) is 32.2. The van der Waals surface area contributed by atoms with E-state index in [2.05, 4.69) is 40.3 Å². The van der Waals surface area contributed by atoms with Gasteiger partial charge in [0.25, 0.3) is 0 Å². The highest BCUT2D eigenvalue weighted by molar-refractivity contribution is 6.74. The van der Waals surface area contributed by atoms with E-state index >= 15 is 0 Å². The zero-order chi connectivity index (χ0) is 56.3. The molecular weight excluding hydrogens is 1060 g/mol. The van der Waals surface area contributed by atoms with Crippen LogP contribution in [0, 0.1) is 162 Å². The Hall–Kier alpha value is -13.0. The van der Waals surface area contributed by atoms with E-state index in [1.807, 2.05) is 0 Å². The van der Waals surface area contributed by atoms with Crippen LogP contribution in [0.25, 0.3) is 0 Å². The maximum absolute atomic E-state index is 12.8. The summed E-state index contributed by atoms with van der Waals surface area (Å²) in [7, 11) is 0. The van der Waals surface area contributed by atoms with Gasteiger partial charge in [-0.1, -0.05) is 20.4 Å². The maximum Gasteiger partial charge on any atom is 0.782 e. The SMILES string of the molecule is O=[N+]([O-])c1nc(C([N+](=O)[O-])([N+](=O)[O-])[N+](=O)[O-])nn1[B-](n1nc(C([N+](=O)[O-])([N+](=O)[O-])[N+](=O)[O-])nc1[N+](=O)[O-])(n1nc(C([N+](=O)[O-])([N+](=O)[O-])[N+](=O)[O-])nc1[N+](=O)[O-])n1nc(C([N+](=O)[O-])([N+](=O)[O-])[N+](=O)[O-])nc1[N+](=O)[O-]. The Morgan fingerprint density at radius 2 is 0.384 bits per heavy atom. The lowest BCUT2D eigenvalue weighted by molar-refractivity contribution is -0.987. The van der Waals surface area contributed by atoms with Crippen LogP contribution in [-0.2, 0) is 23.1 Å². The molecule has 0 amide bonds. The molecule has 0 aliphatic carbocycles. The molecule has 73 heavy (non-hydrogen) atoms. The van der Waals surface area contributed by atoms with Crippen molar-refractivity contribution in [2.75, 3.05) is 0 Å². The fraction of sp³-hybridized carbons (Fsp3) is 0.333. The van der Waals surface area contributed by atoms with E-state index in [9.17, 15) is 162 Å². The van der Waals surface area contributed by atoms with Gasteiger partial charge in [0.05, 0.1) is 0 Å². The van der Waals surface area contributed by atoms with Crippen molar-refractivity contribution in [3.63, 3.8) is 0 Å². The lowest BCUT2D eigenvalue weighted by Gasteiger charge is -2.26. The molecule has 384 valence electrons. The molecule has 60 nitrogen and oxygen atoms in total. The normalized spacial score (nSPS) is 11.9. The van der Waals surface area contributed by atoms with Gasteiger partial charge in [-0.2, -0.15) is 0 Å². The Labute approximate surface area is 377 Å². The van der Waals surface area contributed by atoms with Gasteiger partial charge in [0, 0.05) is 0 Å². The van der Waals surface area contributed by atoms with Crippen LogP contribution in [0.1, 0.15) is 23.3 Å². The van der Waals surface area contributed by atoms with Crippen LogP contribution in [0.5, 0.6) is 0 Å². The van der Waals surface area contributed by atoms with Crippen LogP contribution >= 0.6 is 0 Å². The molecular formula is C12BN28O32-. The second-order valence-corrected chi connectivity index (χ2v) is 12.1. The van der Waals surface area contributed by atoms with Crippen LogP contribution in [0.3, 0.4) is 0 Å². The van der Waals surface area contributed by atoms with Crippen LogP contribution in [0.4, 0.5) is 23.8 Å². The molecule has 0 atom stereocenters. The molecule has 0 aromatic carbocycles. The van der Waals surface area contributed by atoms with Gasteiger partial charge in [0.1, 0.15) is 0 Å². The van der Waals surface area contributed by atoms with Crippen molar-refractivity contribution in [1.82, 2.24) is 58.7 Å². The van der Waals surface area contributed by atoms with E-state index in [0.29, 0.717) is 0 Å². The van der Waals surface area contributed by atoms with E-state index in [4.69, 9.17) is 0 Å². The lowest BCUT2D eigenvalue weighted by Crippen LogP contribution is -2.67. The summed E-state index contributed by atoms with van der Waals surface area (Å²) in [4.78, 5) is 163. The van der Waals surface area contributed by atoms with Crippen molar-refractivity contribution >= 4 is 30.5 Å². The summed E-state index contributed by atoms with van der Waals surface area (Å²) < 4.78 is -7.14. The topological polar surface area (TPSA) is 813 Å². The van der Waals surface area contributed by atoms with Crippen LogP contribution < -0.4 is 0 Å². The van der Waals surface area contributed by atoms with E-state index in [1.54, 1.807) is 0 Å². The van der Waals surface area contributed by atoms with E-state index < -0.39 is 174 Å². The predicted octanol–water partition coefficient (Wildman–Crippen LogP) is -6.62. The molecule has 0 fully saturated rings. The van der Waals surface area contributed by atoms with Crippen molar-refractivity contribution in [1.29, 1.82) is 0 Å². The fourth-order valence-electron chi connectivity index (χ4n) is 5.66. The molecule has 0 aliphatic rings. The van der Waals surface area contributed by atoms with Crippen LogP contribution in [0.2, 0.25) is 0 Å². The Kier molecular flexibility index (Phi) is 12.1. The smallest absolute Gasteiger partial charge is 0.390 e. The summed E-state index contributed by atoms with van der Waals surface area (Å²) in [5.74, 6) is -48.5. The summed E-state index contributed by atoms with van der Waals surface area (Å²) in [5.41, 5.74) is 0. The number of rotatable bonds is 24. The molecule has 0 saturated carbocycles. The standard InChI is InChI=1S/C12BN28O32/c42-26(43)5-14-1(9(30(50)51,31(52)53)32(54)55)18-22(5)13(23-6(27(44)45)15-2(19-23)10(33(56)57,34(58)59)35(60)61,24-7(28(46)47)16-3(20-24)11(36(62)63,37(64)65)38(66)67)25-8(29(48)49)17-4(21-25)12(39(68)69,40(70)71)41(72)73/q-1. The quantitative estimate of drug-likeness (QED) is 0.0272. The third-order valence-corrected chi connectivity index (χ3v) is 8.67. The highest BCUT2D eigenvalue weighted by Gasteiger charge is 2.85. The summed E-state index contributed by atoms with van der Waals surface area (Å²) in [6, 6.07) is 0. The molecule has 0 aliphatic heterocycles. The Balaban J connectivity index is 2.86. The van der Waals surface area contributed by atoms with Gasteiger partial charge in [0.15, 0.2) is 59.1 Å². The maximum atomic E-state index is 12.8. The predicted molar refractivity (Wildman–Crippen MR) is 185 cm³/mol. The first-order valence-electron chi connectivity index (χ1n) is 15.8. The number of nitro groups is 16. The van der Waals surface area contributed by atoms with Crippen molar-refractivity contribution in [3.05, 3.63) is 185 Å². The van der Waals surface area contributed by atoms with Gasteiger partial charge in [0.2, 0.25) is 0 Å². The molecule has 0 spiro atoms. The molecule has 0 unspecified atom stereocenters. The van der Waals surface area contributed by atoms with Gasteiger partial charge in [-0.05, 0) is 39.6 Å². The lowest BCUT2D eigenvalue weighted by atomic mass is 9.74. The van der Waals surface area contributed by atoms with Gasteiger partial charge in [-0.3, -0.25) is 121 Å². The minimum atomic E-state index is -7.33. The second-order valence-electron chi connectivity index (χ2n) is 12.1. The summed E-state index contributed by atoms with van der Waals surface area (Å²) in [5, 5.41) is 207. The summed E-state index contributed by atoms with van der Waals surface area (Å²) >= 11 is 0. The third-order valence-electron chi connectivity index (χ3n) is 8.67. The second kappa shape index (κ2) is 16.7. The zero-order valence-corrected chi connectivity index (χ0v) is 32.2. The number of aromatic nitrogens is 12. The Bertz CT molecular complexity index is 2730. The molecule has 4 rings (SSSR count). The van der Waals surface area contributed by atoms with Crippen molar-refractivity contribution in [2.45, 2.75) is 23.1 Å². The summed E-state index contributed by atoms with van der Waals surface area (Å²) in [6.07, 6.45) is 0. The molecule has 0 N–H and O–H groups in total. The average molecular weight is 1060 g/mol. The molecule has 4 heterocycles. The first kappa shape index (κ1) is 52.6. The fourth-order valence-corrected chi connectivity index (χ4v) is 5.66. The monoisotopic (exact) mass is 1060 g/mol. The highest BCUT2D eigenvalue weighted by atomic mass is 16.8. The highest BCUT2D eigenvalue weighted by Crippen LogP contribution is 2.38. The van der Waals surface area contributed by atoms with Gasteiger partial charge in [-0.15, -0.1) is 0 Å². The van der Waals surface area contributed by atoms with Gasteiger partial charge < -0.3 is 40.5 Å². The molecule has 4 aromatic rings. The molecule has 0 bridgehead atoms. The minimum absolute atomic E-state index is 1.78. The molecule has 0 radical (unpaired) electrons. The summed E-state index contributed by atoms with van der Waals surface area (Å²) in [6.45, 7) is -7.33. The first-order chi connectivity index (χ1) is 33.4. The molecule has 61 heteroatoms. The molecule has 0 saturated heterocycles. The van der Waals surface area contributed by atoms with Gasteiger partial charge >= 0.3 is 76.9 Å². The van der Waals surface area contributed by atoms with E-state index in [-0.39, 0.29) is 0 Å². The van der Waals surface area contributed by atoms with E-state index in [1.165, 1.54) is 0 Å².